The van der Waals surface area contributed by atoms with Gasteiger partial charge in [-0.25, -0.2) is 0 Å². The van der Waals surface area contributed by atoms with E-state index in [0.29, 0.717) is 40.7 Å². The Kier molecular flexibility index (Phi) is 6.83. The average Bonchev–Trinajstić information content (AvgIpc) is 2.62. The minimum Gasteiger partial charge on any atom is -0.493 e. The van der Waals surface area contributed by atoms with Crippen LogP contribution in [0.4, 0.5) is 5.69 Å². The topological polar surface area (TPSA) is 64.6 Å². The van der Waals surface area contributed by atoms with Gasteiger partial charge in [0.1, 0.15) is 11.5 Å². The van der Waals surface area contributed by atoms with Gasteiger partial charge in [-0.2, -0.15) is 0 Å². The molecule has 0 aliphatic rings. The fraction of sp³-hybridized carbons (Fsp3) is 0.263. The predicted molar refractivity (Wildman–Crippen MR) is 97.8 cm³/mol. The minimum absolute atomic E-state index is 0.308. The second-order valence-corrected chi connectivity index (χ2v) is 5.86. The second-order valence-electron chi connectivity index (χ2n) is 5.42. The number of rotatable bonds is 8. The van der Waals surface area contributed by atoms with Crippen LogP contribution in [0.2, 0.25) is 5.02 Å². The maximum absolute atomic E-state index is 12.3. The molecule has 1 N–H and O–H groups in total. The number of carbonyl (C=O) groups is 2. The van der Waals surface area contributed by atoms with E-state index in [1.807, 2.05) is 6.92 Å². The molecule has 0 radical (unpaired) electrons. The van der Waals surface area contributed by atoms with Crippen LogP contribution in [0, 0.1) is 0 Å². The summed E-state index contributed by atoms with van der Waals surface area (Å²) in [6.45, 7) is 4.17. The first-order chi connectivity index (χ1) is 12.0. The highest BCUT2D eigenvalue weighted by Gasteiger charge is 2.17. The summed E-state index contributed by atoms with van der Waals surface area (Å²) in [5, 5.41) is 3.32. The van der Waals surface area contributed by atoms with Crippen molar-refractivity contribution >= 4 is 29.5 Å². The molecule has 2 aromatic rings. The maximum Gasteiger partial charge on any atom is 0.265 e. The van der Waals surface area contributed by atoms with Gasteiger partial charge in [-0.3, -0.25) is 9.59 Å². The average molecular weight is 362 g/mol. The fourth-order valence-corrected chi connectivity index (χ4v) is 2.17. The standard InChI is InChI=1S/C19H20ClNO4/c1-3-10-24-17-9-4-14(12-22)18(11-17)25-13(2)19(23)21-16-7-5-15(20)6-8-16/h4-9,11-13H,3,10H2,1-2H3,(H,21,23)/t13-/m1/s1. The summed E-state index contributed by atoms with van der Waals surface area (Å²) >= 11 is 5.82. The second kappa shape index (κ2) is 9.08. The quantitative estimate of drug-likeness (QED) is 0.710. The van der Waals surface area contributed by atoms with Crippen molar-refractivity contribution < 1.29 is 19.1 Å². The van der Waals surface area contributed by atoms with Crippen LogP contribution < -0.4 is 14.8 Å². The zero-order valence-electron chi connectivity index (χ0n) is 14.1. The van der Waals surface area contributed by atoms with Crippen molar-refractivity contribution in [2.75, 3.05) is 11.9 Å². The number of nitrogens with one attached hydrogen (secondary N) is 1. The first kappa shape index (κ1) is 18.8. The Balaban J connectivity index is 2.07. The molecule has 0 spiro atoms. The van der Waals surface area contributed by atoms with Crippen LogP contribution in [0.25, 0.3) is 0 Å². The molecular weight excluding hydrogens is 342 g/mol. The normalized spacial score (nSPS) is 11.5. The highest BCUT2D eigenvalue weighted by atomic mass is 35.5. The molecule has 0 heterocycles. The van der Waals surface area contributed by atoms with Crippen LogP contribution in [0.3, 0.4) is 0 Å². The van der Waals surface area contributed by atoms with Crippen LogP contribution in [-0.2, 0) is 4.79 Å². The third-order valence-corrected chi connectivity index (χ3v) is 3.62. The molecule has 0 unspecified atom stereocenters. The summed E-state index contributed by atoms with van der Waals surface area (Å²) in [5.74, 6) is 0.564. The largest absolute Gasteiger partial charge is 0.493 e. The van der Waals surface area contributed by atoms with Crippen LogP contribution in [0.15, 0.2) is 42.5 Å². The lowest BCUT2D eigenvalue weighted by Gasteiger charge is -2.17. The minimum atomic E-state index is -0.796. The molecule has 6 heteroatoms. The van der Waals surface area contributed by atoms with Crippen molar-refractivity contribution in [2.24, 2.45) is 0 Å². The summed E-state index contributed by atoms with van der Waals surface area (Å²) in [5.41, 5.74) is 0.968. The van der Waals surface area contributed by atoms with Gasteiger partial charge < -0.3 is 14.8 Å². The van der Waals surface area contributed by atoms with Crippen molar-refractivity contribution in [3.8, 4) is 11.5 Å². The van der Waals surface area contributed by atoms with E-state index in [-0.39, 0.29) is 5.91 Å². The lowest BCUT2D eigenvalue weighted by molar-refractivity contribution is -0.122. The van der Waals surface area contributed by atoms with E-state index in [1.165, 1.54) is 0 Å². The molecule has 132 valence electrons. The van der Waals surface area contributed by atoms with Gasteiger partial charge in [-0.1, -0.05) is 18.5 Å². The monoisotopic (exact) mass is 361 g/mol. The molecule has 0 aromatic heterocycles. The molecule has 2 aromatic carbocycles. The summed E-state index contributed by atoms with van der Waals surface area (Å²) in [6.07, 6.45) is 0.754. The molecule has 5 nitrogen and oxygen atoms in total. The number of halogens is 1. The Morgan fingerprint density at radius 2 is 1.96 bits per heavy atom. The third-order valence-electron chi connectivity index (χ3n) is 3.37. The molecule has 1 amide bonds. The van der Waals surface area contributed by atoms with E-state index >= 15 is 0 Å². The number of carbonyl (C=O) groups excluding carboxylic acids is 2. The number of benzene rings is 2. The molecule has 0 saturated carbocycles. The van der Waals surface area contributed by atoms with Gasteiger partial charge in [0, 0.05) is 16.8 Å². The Morgan fingerprint density at radius 3 is 2.60 bits per heavy atom. The zero-order valence-corrected chi connectivity index (χ0v) is 14.9. The van der Waals surface area contributed by atoms with Crippen molar-refractivity contribution in [1.29, 1.82) is 0 Å². The molecule has 0 bridgehead atoms. The molecule has 0 aliphatic heterocycles. The predicted octanol–water partition coefficient (Wildman–Crippen LogP) is 4.35. The lowest BCUT2D eigenvalue weighted by atomic mass is 10.2. The van der Waals surface area contributed by atoms with E-state index in [2.05, 4.69) is 5.32 Å². The highest BCUT2D eigenvalue weighted by molar-refractivity contribution is 6.30. The van der Waals surface area contributed by atoms with Crippen LogP contribution in [0.1, 0.15) is 30.6 Å². The highest BCUT2D eigenvalue weighted by Crippen LogP contribution is 2.25. The van der Waals surface area contributed by atoms with Gasteiger partial charge in [0.25, 0.3) is 5.91 Å². The number of ether oxygens (including phenoxy) is 2. The van der Waals surface area contributed by atoms with Gasteiger partial charge >= 0.3 is 0 Å². The molecule has 0 fully saturated rings. The van der Waals surface area contributed by atoms with E-state index in [1.54, 1.807) is 49.4 Å². The van der Waals surface area contributed by atoms with Crippen molar-refractivity contribution in [3.05, 3.63) is 53.1 Å². The zero-order chi connectivity index (χ0) is 18.2. The molecular formula is C19H20ClNO4. The van der Waals surface area contributed by atoms with Crippen LogP contribution in [-0.4, -0.2) is 24.9 Å². The van der Waals surface area contributed by atoms with E-state index in [4.69, 9.17) is 21.1 Å². The first-order valence-corrected chi connectivity index (χ1v) is 8.36. The summed E-state index contributed by atoms with van der Waals surface area (Å²) in [4.78, 5) is 23.5. The molecule has 2 rings (SSSR count). The smallest absolute Gasteiger partial charge is 0.265 e. The van der Waals surface area contributed by atoms with Crippen LogP contribution >= 0.6 is 11.6 Å². The SMILES string of the molecule is CCCOc1ccc(C=O)c(O[C@H](C)C(=O)Nc2ccc(Cl)cc2)c1. The third kappa shape index (κ3) is 5.50. The van der Waals surface area contributed by atoms with E-state index < -0.39 is 6.10 Å². The number of hydrogen-bond acceptors (Lipinski definition) is 4. The maximum atomic E-state index is 12.3. The summed E-state index contributed by atoms with van der Waals surface area (Å²) in [7, 11) is 0. The molecule has 0 saturated heterocycles. The Bertz CT molecular complexity index is 731. The van der Waals surface area contributed by atoms with Gasteiger partial charge in [0.15, 0.2) is 12.4 Å². The molecule has 0 aliphatic carbocycles. The lowest BCUT2D eigenvalue weighted by Crippen LogP contribution is -2.30. The Morgan fingerprint density at radius 1 is 1.24 bits per heavy atom. The van der Waals surface area contributed by atoms with Gasteiger partial charge in [-0.05, 0) is 49.7 Å². The molecule has 1 atom stereocenters. The molecule has 25 heavy (non-hydrogen) atoms. The van der Waals surface area contributed by atoms with Gasteiger partial charge in [0.2, 0.25) is 0 Å². The number of anilines is 1. The first-order valence-electron chi connectivity index (χ1n) is 7.98. The number of aldehydes is 1. The fourth-order valence-electron chi connectivity index (χ4n) is 2.04. The van der Waals surface area contributed by atoms with Crippen molar-refractivity contribution in [3.63, 3.8) is 0 Å². The Hall–Kier alpha value is -2.53. The summed E-state index contributed by atoms with van der Waals surface area (Å²) < 4.78 is 11.2. The van der Waals surface area contributed by atoms with Crippen molar-refractivity contribution in [2.45, 2.75) is 26.4 Å². The summed E-state index contributed by atoms with van der Waals surface area (Å²) in [6, 6.07) is 11.7. The van der Waals surface area contributed by atoms with E-state index in [9.17, 15) is 9.59 Å². The van der Waals surface area contributed by atoms with Crippen molar-refractivity contribution in [1.82, 2.24) is 0 Å². The van der Waals surface area contributed by atoms with Gasteiger partial charge in [-0.15, -0.1) is 0 Å². The Labute approximate surface area is 151 Å². The number of hydrogen-bond donors (Lipinski definition) is 1. The number of amides is 1. The van der Waals surface area contributed by atoms with Gasteiger partial charge in [0.05, 0.1) is 12.2 Å². The van der Waals surface area contributed by atoms with E-state index in [0.717, 1.165) is 6.42 Å². The van der Waals surface area contributed by atoms with Crippen LogP contribution in [0.5, 0.6) is 11.5 Å².